The van der Waals surface area contributed by atoms with Gasteiger partial charge in [0.15, 0.2) is 0 Å². The summed E-state index contributed by atoms with van der Waals surface area (Å²) >= 11 is 1.28. The van der Waals surface area contributed by atoms with Crippen molar-refractivity contribution >= 4 is 34.7 Å². The molecule has 0 heterocycles. The van der Waals surface area contributed by atoms with Crippen molar-refractivity contribution in [2.24, 2.45) is 5.92 Å². The number of carbonyl (C=O) groups is 2. The zero-order valence-electron chi connectivity index (χ0n) is 19.2. The summed E-state index contributed by atoms with van der Waals surface area (Å²) in [7, 11) is 0. The van der Waals surface area contributed by atoms with Gasteiger partial charge in [-0.25, -0.2) is 9.59 Å². The van der Waals surface area contributed by atoms with Crippen LogP contribution in [0.2, 0.25) is 0 Å². The number of amides is 1. The topological polar surface area (TPSA) is 64.6 Å². The molecule has 1 amide bonds. The minimum absolute atomic E-state index is 0.888. The first-order valence-corrected chi connectivity index (χ1v) is 7.56. The SMILES string of the molecule is [2H][C@H]([C@H](NC(=O)OC(C)(C)C)C(=O)OC(C)(C)C)[C@H](C([2H])([2H])[2H])C([2H])([2H])I. The van der Waals surface area contributed by atoms with Gasteiger partial charge in [-0.1, -0.05) is 29.4 Å². The molecule has 0 spiro atoms. The molecule has 0 aromatic carbocycles. The van der Waals surface area contributed by atoms with Crippen molar-refractivity contribution in [2.45, 2.75) is 72.0 Å². The number of alkyl carbamates (subject to hydrolysis) is 1. The Labute approximate surface area is 150 Å². The third-order valence-corrected chi connectivity index (χ3v) is 2.51. The van der Waals surface area contributed by atoms with E-state index in [1.54, 1.807) is 41.5 Å². The van der Waals surface area contributed by atoms with Crippen molar-refractivity contribution < 1.29 is 27.3 Å². The molecule has 0 bridgehead atoms. The Morgan fingerprint density at radius 1 is 1.19 bits per heavy atom. The first-order chi connectivity index (χ1) is 11.6. The summed E-state index contributed by atoms with van der Waals surface area (Å²) in [6.45, 7) is 6.65. The van der Waals surface area contributed by atoms with Crippen LogP contribution < -0.4 is 5.32 Å². The molecule has 0 saturated carbocycles. The van der Waals surface area contributed by atoms with Crippen molar-refractivity contribution in [1.29, 1.82) is 0 Å². The molecule has 0 unspecified atom stereocenters. The molecular formula is C15H28INO4. The van der Waals surface area contributed by atoms with Gasteiger partial charge in [0.25, 0.3) is 0 Å². The average Bonchev–Trinajstić information content (AvgIpc) is 2.27. The second-order valence-electron chi connectivity index (χ2n) is 6.44. The number of carbonyl (C=O) groups excluding carboxylic acids is 2. The van der Waals surface area contributed by atoms with E-state index in [9.17, 15) is 9.59 Å². The van der Waals surface area contributed by atoms with E-state index in [4.69, 9.17) is 17.7 Å². The fourth-order valence-electron chi connectivity index (χ4n) is 1.21. The monoisotopic (exact) mass is 419 g/mol. The molecule has 0 rings (SSSR count). The van der Waals surface area contributed by atoms with E-state index in [1.807, 2.05) is 0 Å². The maximum atomic E-state index is 12.5. The molecule has 0 fully saturated rings. The van der Waals surface area contributed by atoms with Gasteiger partial charge in [0.05, 0.1) is 0 Å². The fourth-order valence-corrected chi connectivity index (χ4v) is 1.42. The maximum absolute atomic E-state index is 12.5. The average molecular weight is 419 g/mol. The molecule has 0 aromatic rings. The summed E-state index contributed by atoms with van der Waals surface area (Å²) in [6, 6.07) is -1.73. The highest BCUT2D eigenvalue weighted by molar-refractivity contribution is 14.1. The first-order valence-electron chi connectivity index (χ1n) is 9.56. The van der Waals surface area contributed by atoms with E-state index in [0.29, 0.717) is 0 Å². The van der Waals surface area contributed by atoms with Gasteiger partial charge >= 0.3 is 12.1 Å². The largest absolute Gasteiger partial charge is 0.458 e. The summed E-state index contributed by atoms with van der Waals surface area (Å²) in [5, 5.41) is 2.18. The van der Waals surface area contributed by atoms with Crippen LogP contribution in [0.1, 0.15) is 63.0 Å². The summed E-state index contributed by atoms with van der Waals surface area (Å²) in [5.74, 6) is -2.90. The molecule has 0 saturated heterocycles. The van der Waals surface area contributed by atoms with E-state index in [1.165, 1.54) is 22.6 Å². The van der Waals surface area contributed by atoms with Gasteiger partial charge in [0.2, 0.25) is 0 Å². The van der Waals surface area contributed by atoms with Crippen molar-refractivity contribution in [3.63, 3.8) is 0 Å². The van der Waals surface area contributed by atoms with E-state index in [-0.39, 0.29) is 0 Å². The number of nitrogens with one attached hydrogen (secondary N) is 1. The van der Waals surface area contributed by atoms with Gasteiger partial charge in [-0.15, -0.1) is 0 Å². The van der Waals surface area contributed by atoms with Crippen molar-refractivity contribution in [1.82, 2.24) is 5.32 Å². The molecule has 0 radical (unpaired) electrons. The summed E-state index contributed by atoms with van der Waals surface area (Å²) < 4.78 is 54.6. The molecule has 6 heteroatoms. The molecule has 0 aliphatic heterocycles. The molecule has 5 nitrogen and oxygen atoms in total. The molecule has 3 atom stereocenters. The lowest BCUT2D eigenvalue weighted by atomic mass is 10.0. The van der Waals surface area contributed by atoms with Crippen LogP contribution in [0.3, 0.4) is 0 Å². The number of rotatable bonds is 5. The van der Waals surface area contributed by atoms with Crippen LogP contribution in [0.4, 0.5) is 4.79 Å². The number of alkyl halides is 1. The fraction of sp³-hybridized carbons (Fsp3) is 0.867. The Morgan fingerprint density at radius 3 is 2.10 bits per heavy atom. The Kier molecular flexibility index (Phi) is 4.67. The normalized spacial score (nSPS) is 22.0. The summed E-state index contributed by atoms with van der Waals surface area (Å²) in [5.41, 5.74) is -1.84. The predicted molar refractivity (Wildman–Crippen MR) is 91.7 cm³/mol. The predicted octanol–water partition coefficient (Wildman–Crippen LogP) is 3.68. The summed E-state index contributed by atoms with van der Waals surface area (Å²) in [6.07, 6.45) is -2.87. The Morgan fingerprint density at radius 2 is 1.71 bits per heavy atom. The van der Waals surface area contributed by atoms with E-state index in [0.717, 1.165) is 0 Å². The van der Waals surface area contributed by atoms with Gasteiger partial charge in [0.1, 0.15) is 17.2 Å². The lowest BCUT2D eigenvalue weighted by Gasteiger charge is -2.27. The second-order valence-corrected chi connectivity index (χ2v) is 7.06. The van der Waals surface area contributed by atoms with Crippen molar-refractivity contribution in [3.05, 3.63) is 0 Å². The smallest absolute Gasteiger partial charge is 0.408 e. The summed E-state index contributed by atoms with van der Waals surface area (Å²) in [4.78, 5) is 24.6. The second kappa shape index (κ2) is 8.19. The minimum Gasteiger partial charge on any atom is -0.458 e. The highest BCUT2D eigenvalue weighted by atomic mass is 127. The molecule has 1 N–H and O–H groups in total. The Bertz CT molecular complexity index is 522. The third kappa shape index (κ3) is 10.8. The number of ether oxygens (including phenoxy) is 2. The Balaban J connectivity index is 5.87. The molecule has 0 aromatic heterocycles. The molecular weight excluding hydrogens is 385 g/mol. The van der Waals surface area contributed by atoms with Crippen LogP contribution in [0, 0.1) is 5.92 Å². The van der Waals surface area contributed by atoms with Gasteiger partial charge < -0.3 is 14.8 Å². The van der Waals surface area contributed by atoms with E-state index in [2.05, 4.69) is 5.32 Å². The number of hydrogen-bond acceptors (Lipinski definition) is 4. The van der Waals surface area contributed by atoms with Crippen molar-refractivity contribution in [3.8, 4) is 0 Å². The lowest BCUT2D eigenvalue weighted by Crippen LogP contribution is -2.46. The Hall–Kier alpha value is -0.530. The van der Waals surface area contributed by atoms with E-state index >= 15 is 0 Å². The zero-order chi connectivity index (χ0) is 22.0. The molecule has 0 aliphatic rings. The van der Waals surface area contributed by atoms with Crippen LogP contribution in [-0.4, -0.2) is 33.7 Å². The standard InChI is InChI=1S/C15H28INO4/c1-10(9-16)8-11(12(18)20-14(2,3)4)17-13(19)21-15(5,6)7/h10-11H,8-9H2,1-7H3,(H,17,19)/t10-,11-/m0/s1/i1D3,8D,9D2/t8-,10-,11-. The quantitative estimate of drug-likeness (QED) is 0.420. The van der Waals surface area contributed by atoms with Crippen LogP contribution in [0.25, 0.3) is 0 Å². The van der Waals surface area contributed by atoms with Gasteiger partial charge in [0, 0.05) is 12.6 Å². The highest BCUT2D eigenvalue weighted by Crippen LogP contribution is 2.15. The molecule has 21 heavy (non-hydrogen) atoms. The molecule has 124 valence electrons. The maximum Gasteiger partial charge on any atom is 0.408 e. The minimum atomic E-state index is -2.88. The number of esters is 1. The lowest BCUT2D eigenvalue weighted by molar-refractivity contribution is -0.157. The third-order valence-electron chi connectivity index (χ3n) is 1.84. The number of halogens is 1. The first kappa shape index (κ1) is 12.0. The van der Waals surface area contributed by atoms with Crippen LogP contribution in [0.15, 0.2) is 0 Å². The van der Waals surface area contributed by atoms with Gasteiger partial charge in [-0.3, -0.25) is 0 Å². The number of hydrogen-bond donors (Lipinski definition) is 1. The van der Waals surface area contributed by atoms with Crippen LogP contribution >= 0.6 is 22.6 Å². The molecule has 0 aliphatic carbocycles. The highest BCUT2D eigenvalue weighted by Gasteiger charge is 2.29. The van der Waals surface area contributed by atoms with Crippen molar-refractivity contribution in [2.75, 3.05) is 4.38 Å². The van der Waals surface area contributed by atoms with E-state index < -0.39 is 52.9 Å². The van der Waals surface area contributed by atoms with Crippen LogP contribution in [-0.2, 0) is 14.3 Å². The van der Waals surface area contributed by atoms with Gasteiger partial charge in [-0.05, 0) is 53.9 Å². The van der Waals surface area contributed by atoms with Crippen LogP contribution in [0.5, 0.6) is 0 Å². The van der Waals surface area contributed by atoms with Gasteiger partial charge in [-0.2, -0.15) is 0 Å². The zero-order valence-corrected chi connectivity index (χ0v) is 15.4.